The number of fused-ring (bicyclic) bond motifs is 1. The van der Waals surface area contributed by atoms with Crippen molar-refractivity contribution in [1.82, 2.24) is 0 Å². The van der Waals surface area contributed by atoms with Gasteiger partial charge in [-0.1, -0.05) is 18.2 Å². The molecule has 0 fully saturated rings. The Bertz CT molecular complexity index is 717. The van der Waals surface area contributed by atoms with Crippen molar-refractivity contribution in [1.29, 1.82) is 0 Å². The van der Waals surface area contributed by atoms with Crippen LogP contribution in [0.15, 0.2) is 36.4 Å². The van der Waals surface area contributed by atoms with Crippen molar-refractivity contribution in [3.05, 3.63) is 47.5 Å². The Labute approximate surface area is 148 Å². The summed E-state index contributed by atoms with van der Waals surface area (Å²) < 4.78 is 22.6. The molecule has 0 saturated heterocycles. The van der Waals surface area contributed by atoms with Crippen molar-refractivity contribution >= 4 is 0 Å². The highest BCUT2D eigenvalue weighted by Crippen LogP contribution is 2.37. The first-order valence-corrected chi connectivity index (χ1v) is 8.65. The van der Waals surface area contributed by atoms with Crippen LogP contribution in [0.1, 0.15) is 24.0 Å². The average molecular weight is 343 g/mol. The van der Waals surface area contributed by atoms with E-state index >= 15 is 0 Å². The van der Waals surface area contributed by atoms with Gasteiger partial charge in [0.2, 0.25) is 0 Å². The van der Waals surface area contributed by atoms with Gasteiger partial charge in [-0.3, -0.25) is 0 Å². The summed E-state index contributed by atoms with van der Waals surface area (Å²) in [5.74, 6) is 3.28. The van der Waals surface area contributed by atoms with Gasteiger partial charge in [-0.05, 0) is 49.2 Å². The minimum absolute atomic E-state index is 0.154. The molecule has 5 nitrogen and oxygen atoms in total. The van der Waals surface area contributed by atoms with E-state index in [2.05, 4.69) is 12.1 Å². The van der Waals surface area contributed by atoms with Crippen molar-refractivity contribution < 1.29 is 18.9 Å². The second-order valence-corrected chi connectivity index (χ2v) is 5.92. The maximum absolute atomic E-state index is 6.07. The van der Waals surface area contributed by atoms with Gasteiger partial charge in [0.05, 0.1) is 13.7 Å². The first-order valence-electron chi connectivity index (χ1n) is 8.65. The Kier molecular flexibility index (Phi) is 5.66. The maximum atomic E-state index is 6.07. The number of methoxy groups -OCH3 is 1. The molecular weight excluding hydrogens is 318 g/mol. The summed E-state index contributed by atoms with van der Waals surface area (Å²) in [5.41, 5.74) is 8.29. The van der Waals surface area contributed by atoms with Gasteiger partial charge in [0.15, 0.2) is 23.0 Å². The quantitative estimate of drug-likeness (QED) is 0.837. The molecule has 2 aromatic rings. The monoisotopic (exact) mass is 343 g/mol. The lowest BCUT2D eigenvalue weighted by atomic mass is 9.91. The zero-order valence-corrected chi connectivity index (χ0v) is 14.8. The van der Waals surface area contributed by atoms with Crippen LogP contribution in [0.5, 0.6) is 23.0 Å². The third-order valence-electron chi connectivity index (χ3n) is 4.35. The minimum atomic E-state index is 0.154. The fourth-order valence-corrected chi connectivity index (χ4v) is 3.14. The Morgan fingerprint density at radius 3 is 2.64 bits per heavy atom. The van der Waals surface area contributed by atoms with Crippen molar-refractivity contribution in [3.8, 4) is 23.0 Å². The van der Waals surface area contributed by atoms with Crippen molar-refractivity contribution in [3.63, 3.8) is 0 Å². The molecule has 1 atom stereocenters. The van der Waals surface area contributed by atoms with Gasteiger partial charge < -0.3 is 24.7 Å². The molecule has 2 N–H and O–H groups in total. The third-order valence-corrected chi connectivity index (χ3v) is 4.35. The smallest absolute Gasteiger partial charge is 0.163 e. The number of ether oxygens (including phenoxy) is 4. The first-order chi connectivity index (χ1) is 12.3. The molecule has 25 heavy (non-hydrogen) atoms. The van der Waals surface area contributed by atoms with Crippen LogP contribution >= 0.6 is 0 Å². The fourth-order valence-electron chi connectivity index (χ4n) is 3.14. The van der Waals surface area contributed by atoms with Crippen LogP contribution in [0.3, 0.4) is 0 Å². The second kappa shape index (κ2) is 8.12. The first kappa shape index (κ1) is 17.4. The zero-order valence-electron chi connectivity index (χ0n) is 14.8. The number of benzene rings is 2. The molecule has 1 aliphatic heterocycles. The van der Waals surface area contributed by atoms with Gasteiger partial charge in [-0.2, -0.15) is 0 Å². The van der Waals surface area contributed by atoms with E-state index in [9.17, 15) is 0 Å². The molecule has 0 saturated carbocycles. The van der Waals surface area contributed by atoms with E-state index in [0.717, 1.165) is 40.5 Å². The molecule has 0 radical (unpaired) electrons. The summed E-state index contributed by atoms with van der Waals surface area (Å²) in [6, 6.07) is 12.0. The lowest BCUT2D eigenvalue weighted by molar-refractivity contribution is 0.171. The fraction of sp³-hybridized carbons (Fsp3) is 0.400. The SMILES string of the molecule is CCOc1cccc(CC(CN)c2ccc3c(c2)OCCO3)c1OC. The molecule has 1 aliphatic rings. The van der Waals surface area contributed by atoms with Crippen molar-refractivity contribution in [2.24, 2.45) is 5.73 Å². The number of nitrogens with two attached hydrogens (primary N) is 1. The van der Waals surface area contributed by atoms with Crippen LogP contribution in [0.4, 0.5) is 0 Å². The molecular formula is C20H25NO4. The molecule has 0 amide bonds. The molecule has 0 spiro atoms. The van der Waals surface area contributed by atoms with E-state index in [4.69, 9.17) is 24.7 Å². The summed E-state index contributed by atoms with van der Waals surface area (Å²) in [4.78, 5) is 0. The van der Waals surface area contributed by atoms with E-state index in [0.29, 0.717) is 26.4 Å². The van der Waals surface area contributed by atoms with Gasteiger partial charge in [-0.15, -0.1) is 0 Å². The highest BCUT2D eigenvalue weighted by atomic mass is 16.6. The van der Waals surface area contributed by atoms with E-state index in [1.807, 2.05) is 31.2 Å². The van der Waals surface area contributed by atoms with E-state index in [1.165, 1.54) is 0 Å². The largest absolute Gasteiger partial charge is 0.493 e. The standard InChI is InChI=1S/C20H25NO4/c1-3-23-18-6-4-5-15(20(18)22-2)11-16(13-21)14-7-8-17-19(12-14)25-10-9-24-17/h4-8,12,16H,3,9-11,13,21H2,1-2H3. The Morgan fingerprint density at radius 2 is 1.92 bits per heavy atom. The van der Waals surface area contributed by atoms with Crippen molar-refractivity contribution in [2.45, 2.75) is 19.3 Å². The summed E-state index contributed by atoms with van der Waals surface area (Å²) in [5, 5.41) is 0. The molecule has 1 heterocycles. The molecule has 5 heteroatoms. The average Bonchev–Trinajstić information content (AvgIpc) is 2.66. The zero-order chi connectivity index (χ0) is 17.6. The van der Waals surface area contributed by atoms with Gasteiger partial charge in [0, 0.05) is 5.92 Å². The molecule has 2 aromatic carbocycles. The topological polar surface area (TPSA) is 62.9 Å². The summed E-state index contributed by atoms with van der Waals surface area (Å²) in [6.07, 6.45) is 0.764. The van der Waals surface area contributed by atoms with E-state index < -0.39 is 0 Å². The molecule has 0 aromatic heterocycles. The lowest BCUT2D eigenvalue weighted by Crippen LogP contribution is -2.18. The Hall–Kier alpha value is -2.40. The maximum Gasteiger partial charge on any atom is 0.163 e. The van der Waals surface area contributed by atoms with Crippen LogP contribution in [0.2, 0.25) is 0 Å². The molecule has 1 unspecified atom stereocenters. The number of hydrogen-bond acceptors (Lipinski definition) is 5. The van der Waals surface area contributed by atoms with E-state index in [-0.39, 0.29) is 5.92 Å². The van der Waals surface area contributed by atoms with Crippen molar-refractivity contribution in [2.75, 3.05) is 33.5 Å². The summed E-state index contributed by atoms with van der Waals surface area (Å²) in [6.45, 7) is 4.26. The predicted molar refractivity (Wildman–Crippen MR) is 97.1 cm³/mol. The Morgan fingerprint density at radius 1 is 1.12 bits per heavy atom. The van der Waals surface area contributed by atoms with Gasteiger partial charge in [-0.25, -0.2) is 0 Å². The van der Waals surface area contributed by atoms with Crippen LogP contribution in [-0.2, 0) is 6.42 Å². The number of rotatable bonds is 7. The lowest BCUT2D eigenvalue weighted by Gasteiger charge is -2.22. The van der Waals surface area contributed by atoms with Crippen LogP contribution in [-0.4, -0.2) is 33.5 Å². The highest BCUT2D eigenvalue weighted by molar-refractivity contribution is 5.49. The minimum Gasteiger partial charge on any atom is -0.493 e. The van der Waals surface area contributed by atoms with E-state index in [1.54, 1.807) is 7.11 Å². The molecule has 0 bridgehead atoms. The number of hydrogen-bond donors (Lipinski definition) is 1. The third kappa shape index (κ3) is 3.82. The number of para-hydroxylation sites is 1. The summed E-state index contributed by atoms with van der Waals surface area (Å²) >= 11 is 0. The second-order valence-electron chi connectivity index (χ2n) is 5.92. The molecule has 134 valence electrons. The molecule has 3 rings (SSSR count). The normalized spacial score (nSPS) is 14.0. The van der Waals surface area contributed by atoms with Gasteiger partial charge in [0.25, 0.3) is 0 Å². The van der Waals surface area contributed by atoms with Crippen LogP contribution in [0.25, 0.3) is 0 Å². The summed E-state index contributed by atoms with van der Waals surface area (Å²) in [7, 11) is 1.67. The molecule has 0 aliphatic carbocycles. The predicted octanol–water partition coefficient (Wildman–Crippen LogP) is 3.15. The van der Waals surface area contributed by atoms with Crippen LogP contribution in [0, 0.1) is 0 Å². The van der Waals surface area contributed by atoms with Gasteiger partial charge >= 0.3 is 0 Å². The van der Waals surface area contributed by atoms with Crippen LogP contribution < -0.4 is 24.7 Å². The Balaban J connectivity index is 1.86. The highest BCUT2D eigenvalue weighted by Gasteiger charge is 2.19. The van der Waals surface area contributed by atoms with Gasteiger partial charge in [0.1, 0.15) is 13.2 Å².